The van der Waals surface area contributed by atoms with E-state index >= 15 is 0 Å². The first-order valence-electron chi connectivity index (χ1n) is 13.1. The number of carbonyl (C=O) groups is 1. The van der Waals surface area contributed by atoms with Crippen molar-refractivity contribution < 1.29 is 28.5 Å². The molecule has 34 heavy (non-hydrogen) atoms. The molecule has 0 saturated heterocycles. The molecule has 0 amide bonds. The molecule has 0 aliphatic rings. The first-order valence-corrected chi connectivity index (χ1v) is 13.1. The van der Waals surface area contributed by atoms with Gasteiger partial charge in [0.2, 0.25) is 0 Å². The SMILES string of the molecule is CCCCCCCCCc1ccc(OCCOCCOCCOCCC(=O)OC(C)(C)C)cc1. The largest absolute Gasteiger partial charge is 0.491 e. The van der Waals surface area contributed by atoms with Gasteiger partial charge < -0.3 is 23.7 Å². The van der Waals surface area contributed by atoms with Crippen LogP contribution in [0.5, 0.6) is 5.75 Å². The standard InChI is InChI=1S/C28H48O6/c1-5-6-7-8-9-10-11-12-25-13-15-26(16-14-25)33-24-23-32-22-21-31-20-19-30-18-17-27(29)34-28(2,3)4/h13-16H,5-12,17-24H2,1-4H3. The van der Waals surface area contributed by atoms with E-state index in [1.807, 2.05) is 32.9 Å². The molecule has 0 saturated carbocycles. The summed E-state index contributed by atoms with van der Waals surface area (Å²) >= 11 is 0. The first-order chi connectivity index (χ1) is 16.4. The molecule has 0 spiro atoms. The number of ether oxygens (including phenoxy) is 5. The van der Waals surface area contributed by atoms with Gasteiger partial charge in [-0.1, -0.05) is 57.6 Å². The molecular formula is C28H48O6. The van der Waals surface area contributed by atoms with Crippen LogP contribution >= 0.6 is 0 Å². The fraction of sp³-hybridized carbons (Fsp3) is 0.750. The van der Waals surface area contributed by atoms with E-state index in [0.717, 1.165) is 12.2 Å². The Labute approximate surface area is 207 Å². The summed E-state index contributed by atoms with van der Waals surface area (Å²) in [5.41, 5.74) is 0.922. The molecular weight excluding hydrogens is 432 g/mol. The molecule has 0 radical (unpaired) electrons. The highest BCUT2D eigenvalue weighted by molar-refractivity contribution is 5.69. The van der Waals surface area contributed by atoms with Gasteiger partial charge in [0, 0.05) is 0 Å². The van der Waals surface area contributed by atoms with Crippen molar-refractivity contribution in [1.82, 2.24) is 0 Å². The summed E-state index contributed by atoms with van der Waals surface area (Å²) in [7, 11) is 0. The molecule has 0 bridgehead atoms. The van der Waals surface area contributed by atoms with Crippen LogP contribution in [-0.4, -0.2) is 57.8 Å². The number of unbranched alkanes of at least 4 members (excludes halogenated alkanes) is 6. The molecule has 1 rings (SSSR count). The summed E-state index contributed by atoms with van der Waals surface area (Å²) < 4.78 is 27.3. The maximum Gasteiger partial charge on any atom is 0.308 e. The van der Waals surface area contributed by atoms with Crippen molar-refractivity contribution in [3.63, 3.8) is 0 Å². The summed E-state index contributed by atoms with van der Waals surface area (Å²) in [6, 6.07) is 8.42. The minimum atomic E-state index is -0.456. The van der Waals surface area contributed by atoms with Crippen molar-refractivity contribution in [3.8, 4) is 5.75 Å². The second-order valence-corrected chi connectivity index (χ2v) is 9.54. The Morgan fingerprint density at radius 1 is 0.706 bits per heavy atom. The molecule has 0 fully saturated rings. The Kier molecular flexibility index (Phi) is 17.6. The molecule has 1 aromatic rings. The van der Waals surface area contributed by atoms with Crippen molar-refractivity contribution in [1.29, 1.82) is 0 Å². The summed E-state index contributed by atoms with van der Waals surface area (Å²) in [5.74, 6) is 0.634. The van der Waals surface area contributed by atoms with E-state index in [4.69, 9.17) is 23.7 Å². The lowest BCUT2D eigenvalue weighted by molar-refractivity contribution is -0.156. The number of benzene rings is 1. The van der Waals surface area contributed by atoms with Crippen LogP contribution in [0.15, 0.2) is 24.3 Å². The lowest BCUT2D eigenvalue weighted by Crippen LogP contribution is -2.24. The maximum absolute atomic E-state index is 11.5. The van der Waals surface area contributed by atoms with E-state index in [0.29, 0.717) is 46.2 Å². The van der Waals surface area contributed by atoms with Crippen LogP contribution in [0.25, 0.3) is 0 Å². The Bertz CT molecular complexity index is 608. The van der Waals surface area contributed by atoms with Crippen molar-refractivity contribution >= 4 is 5.97 Å². The quantitative estimate of drug-likeness (QED) is 0.156. The molecule has 0 aliphatic carbocycles. The van der Waals surface area contributed by atoms with Gasteiger partial charge in [-0.25, -0.2) is 0 Å². The van der Waals surface area contributed by atoms with Crippen molar-refractivity contribution in [3.05, 3.63) is 29.8 Å². The fourth-order valence-electron chi connectivity index (χ4n) is 3.35. The van der Waals surface area contributed by atoms with E-state index in [9.17, 15) is 4.79 Å². The van der Waals surface area contributed by atoms with E-state index in [1.54, 1.807) is 0 Å². The minimum Gasteiger partial charge on any atom is -0.491 e. The lowest BCUT2D eigenvalue weighted by Gasteiger charge is -2.19. The minimum absolute atomic E-state index is 0.247. The van der Waals surface area contributed by atoms with Gasteiger partial charge >= 0.3 is 5.97 Å². The van der Waals surface area contributed by atoms with Crippen LogP contribution < -0.4 is 4.74 Å². The van der Waals surface area contributed by atoms with Gasteiger partial charge in [-0.3, -0.25) is 4.79 Å². The van der Waals surface area contributed by atoms with Gasteiger partial charge in [-0.15, -0.1) is 0 Å². The van der Waals surface area contributed by atoms with Gasteiger partial charge in [0.25, 0.3) is 0 Å². The number of esters is 1. The summed E-state index contributed by atoms with van der Waals surface area (Å²) in [4.78, 5) is 11.5. The van der Waals surface area contributed by atoms with Crippen LogP contribution in [0.2, 0.25) is 0 Å². The molecule has 0 heterocycles. The predicted molar refractivity (Wildman–Crippen MR) is 137 cm³/mol. The Morgan fingerprint density at radius 3 is 1.82 bits per heavy atom. The first kappa shape index (κ1) is 30.4. The zero-order valence-corrected chi connectivity index (χ0v) is 22.1. The molecule has 6 nitrogen and oxygen atoms in total. The van der Waals surface area contributed by atoms with Crippen molar-refractivity contribution in [2.24, 2.45) is 0 Å². The van der Waals surface area contributed by atoms with E-state index in [2.05, 4.69) is 19.1 Å². The Balaban J connectivity index is 1.90. The highest BCUT2D eigenvalue weighted by Crippen LogP contribution is 2.15. The average molecular weight is 481 g/mol. The predicted octanol–water partition coefficient (Wildman–Crippen LogP) is 6.14. The van der Waals surface area contributed by atoms with Crippen LogP contribution in [-0.2, 0) is 30.2 Å². The van der Waals surface area contributed by atoms with E-state index in [1.165, 1.54) is 50.5 Å². The topological polar surface area (TPSA) is 63.2 Å². The van der Waals surface area contributed by atoms with Crippen LogP contribution in [0.3, 0.4) is 0 Å². The third kappa shape index (κ3) is 18.8. The van der Waals surface area contributed by atoms with Crippen molar-refractivity contribution in [2.75, 3.05) is 46.2 Å². The van der Waals surface area contributed by atoms with Gasteiger partial charge in [0.1, 0.15) is 18.0 Å². The number of hydrogen-bond donors (Lipinski definition) is 0. The van der Waals surface area contributed by atoms with Gasteiger partial charge in [-0.05, 0) is 51.3 Å². The van der Waals surface area contributed by atoms with Gasteiger partial charge in [0.15, 0.2) is 0 Å². The third-order valence-corrected chi connectivity index (χ3v) is 5.10. The molecule has 196 valence electrons. The Hall–Kier alpha value is -1.63. The molecule has 6 heteroatoms. The molecule has 1 aromatic carbocycles. The highest BCUT2D eigenvalue weighted by atomic mass is 16.6. The average Bonchev–Trinajstić information content (AvgIpc) is 2.79. The van der Waals surface area contributed by atoms with E-state index in [-0.39, 0.29) is 12.4 Å². The zero-order valence-electron chi connectivity index (χ0n) is 22.1. The highest BCUT2D eigenvalue weighted by Gasteiger charge is 2.15. The fourth-order valence-corrected chi connectivity index (χ4v) is 3.35. The third-order valence-electron chi connectivity index (χ3n) is 5.10. The van der Waals surface area contributed by atoms with Crippen molar-refractivity contribution in [2.45, 2.75) is 91.1 Å². The van der Waals surface area contributed by atoms with Gasteiger partial charge in [0.05, 0.1) is 46.1 Å². The lowest BCUT2D eigenvalue weighted by atomic mass is 10.0. The number of aryl methyl sites for hydroxylation is 1. The monoisotopic (exact) mass is 480 g/mol. The number of carbonyl (C=O) groups excluding carboxylic acids is 1. The summed E-state index contributed by atoms with van der Waals surface area (Å²) in [6.07, 6.45) is 10.8. The normalized spacial score (nSPS) is 11.5. The summed E-state index contributed by atoms with van der Waals surface area (Å²) in [5, 5.41) is 0. The van der Waals surface area contributed by atoms with Crippen LogP contribution in [0, 0.1) is 0 Å². The second-order valence-electron chi connectivity index (χ2n) is 9.54. The van der Waals surface area contributed by atoms with Crippen LogP contribution in [0.1, 0.15) is 84.6 Å². The summed E-state index contributed by atoms with van der Waals surface area (Å²) in [6.45, 7) is 11.1. The number of hydrogen-bond acceptors (Lipinski definition) is 6. The van der Waals surface area contributed by atoms with E-state index < -0.39 is 5.60 Å². The number of rotatable bonds is 21. The van der Waals surface area contributed by atoms with Gasteiger partial charge in [-0.2, -0.15) is 0 Å². The molecule has 0 atom stereocenters. The smallest absolute Gasteiger partial charge is 0.308 e. The maximum atomic E-state index is 11.5. The van der Waals surface area contributed by atoms with Crippen LogP contribution in [0.4, 0.5) is 0 Å². The molecule has 0 aliphatic heterocycles. The molecule has 0 N–H and O–H groups in total. The molecule has 0 unspecified atom stereocenters. The second kappa shape index (κ2) is 19.7. The zero-order chi connectivity index (χ0) is 24.9. The Morgan fingerprint density at radius 2 is 1.24 bits per heavy atom. The molecule has 0 aromatic heterocycles.